The maximum absolute atomic E-state index is 12.0. The van der Waals surface area contributed by atoms with Gasteiger partial charge in [-0.15, -0.1) is 6.42 Å². The molecule has 1 aliphatic rings. The molecule has 1 aliphatic carbocycles. The van der Waals surface area contributed by atoms with E-state index in [0.717, 1.165) is 6.54 Å². The Morgan fingerprint density at radius 1 is 1.40 bits per heavy atom. The van der Waals surface area contributed by atoms with Crippen molar-refractivity contribution in [3.05, 3.63) is 29.8 Å². The Morgan fingerprint density at radius 3 is 2.65 bits per heavy atom. The molecule has 0 aliphatic heterocycles. The summed E-state index contributed by atoms with van der Waals surface area (Å²) in [5.74, 6) is 3.58. The molecule has 1 amide bonds. The van der Waals surface area contributed by atoms with Crippen molar-refractivity contribution in [3.8, 4) is 24.2 Å². The van der Waals surface area contributed by atoms with Crippen LogP contribution in [0.15, 0.2) is 24.3 Å². The number of hydrogen-bond acceptors (Lipinski definition) is 3. The molecule has 0 unspecified atom stereocenters. The van der Waals surface area contributed by atoms with Crippen molar-refractivity contribution in [2.75, 3.05) is 19.7 Å². The molecule has 0 N–H and O–H groups in total. The molecule has 102 valence electrons. The van der Waals surface area contributed by atoms with E-state index >= 15 is 0 Å². The zero-order valence-electron chi connectivity index (χ0n) is 11.2. The first-order valence-corrected chi connectivity index (χ1v) is 6.57. The Balaban J connectivity index is 1.85. The summed E-state index contributed by atoms with van der Waals surface area (Å²) < 4.78 is 5.43. The summed E-state index contributed by atoms with van der Waals surface area (Å²) >= 11 is 0. The van der Waals surface area contributed by atoms with Crippen LogP contribution in [-0.4, -0.2) is 30.5 Å². The second-order valence-electron chi connectivity index (χ2n) is 4.85. The molecule has 0 aromatic heterocycles. The lowest BCUT2D eigenvalue weighted by Crippen LogP contribution is -2.36. The lowest BCUT2D eigenvalue weighted by Gasteiger charge is -2.20. The summed E-state index contributed by atoms with van der Waals surface area (Å²) in [5.41, 5.74) is 0.561. The number of amides is 1. The third-order valence-electron chi connectivity index (χ3n) is 3.16. The summed E-state index contributed by atoms with van der Waals surface area (Å²) in [4.78, 5) is 13.7. The molecule has 0 saturated heterocycles. The maximum Gasteiger partial charge on any atom is 0.261 e. The van der Waals surface area contributed by atoms with Crippen LogP contribution < -0.4 is 4.74 Å². The molecule has 1 aromatic carbocycles. The Morgan fingerprint density at radius 2 is 2.10 bits per heavy atom. The molecule has 0 bridgehead atoms. The van der Waals surface area contributed by atoms with E-state index in [0.29, 0.717) is 23.8 Å². The third-order valence-corrected chi connectivity index (χ3v) is 3.16. The number of nitrogens with zero attached hydrogens (tertiary/aromatic N) is 2. The number of ether oxygens (including phenoxy) is 1. The number of carbonyl (C=O) groups excluding carboxylic acids is 1. The van der Waals surface area contributed by atoms with Crippen LogP contribution in [0.4, 0.5) is 0 Å². The quantitative estimate of drug-likeness (QED) is 0.739. The molecule has 4 nitrogen and oxygen atoms in total. The predicted molar refractivity (Wildman–Crippen MR) is 74.8 cm³/mol. The SMILES string of the molecule is C#CCN(CC1CC1)C(=O)COc1ccc(C#N)cc1. The minimum absolute atomic E-state index is 0.0275. The van der Waals surface area contributed by atoms with Crippen LogP contribution in [0.1, 0.15) is 18.4 Å². The molecule has 1 aromatic rings. The summed E-state index contributed by atoms with van der Waals surface area (Å²) in [5, 5.41) is 8.70. The number of benzene rings is 1. The van der Waals surface area contributed by atoms with Gasteiger partial charge in [0.1, 0.15) is 5.75 Å². The highest BCUT2D eigenvalue weighted by molar-refractivity contribution is 5.78. The fraction of sp³-hybridized carbons (Fsp3) is 0.375. The summed E-state index contributed by atoms with van der Waals surface area (Å²) in [6.07, 6.45) is 7.63. The topological polar surface area (TPSA) is 53.3 Å². The van der Waals surface area contributed by atoms with Gasteiger partial charge in [-0.05, 0) is 43.0 Å². The summed E-state index contributed by atoms with van der Waals surface area (Å²) in [6, 6.07) is 8.70. The zero-order chi connectivity index (χ0) is 14.4. The lowest BCUT2D eigenvalue weighted by atomic mass is 10.2. The van der Waals surface area contributed by atoms with E-state index in [9.17, 15) is 4.79 Å². The molecule has 0 radical (unpaired) electrons. The van der Waals surface area contributed by atoms with E-state index in [1.165, 1.54) is 12.8 Å². The fourth-order valence-electron chi connectivity index (χ4n) is 1.84. The molecule has 20 heavy (non-hydrogen) atoms. The van der Waals surface area contributed by atoms with Gasteiger partial charge in [0, 0.05) is 6.54 Å². The molecular formula is C16H16N2O2. The second kappa shape index (κ2) is 6.63. The van der Waals surface area contributed by atoms with Crippen molar-refractivity contribution < 1.29 is 9.53 Å². The molecule has 0 heterocycles. The van der Waals surface area contributed by atoms with Crippen LogP contribution in [0.3, 0.4) is 0 Å². The van der Waals surface area contributed by atoms with Gasteiger partial charge >= 0.3 is 0 Å². The van der Waals surface area contributed by atoms with E-state index in [1.807, 2.05) is 6.07 Å². The standard InChI is InChI=1S/C16H16N2O2/c1-2-9-18(11-14-3-4-14)16(19)12-20-15-7-5-13(10-17)6-8-15/h1,5-8,14H,3-4,9,11-12H2. The monoisotopic (exact) mass is 268 g/mol. The molecule has 4 heteroatoms. The Kier molecular flexibility index (Phi) is 4.63. The fourth-order valence-corrected chi connectivity index (χ4v) is 1.84. The number of hydrogen-bond donors (Lipinski definition) is 0. The predicted octanol–water partition coefficient (Wildman–Crippen LogP) is 1.81. The van der Waals surface area contributed by atoms with Crippen molar-refractivity contribution in [2.45, 2.75) is 12.8 Å². The molecule has 0 spiro atoms. The first-order valence-electron chi connectivity index (χ1n) is 6.57. The smallest absolute Gasteiger partial charge is 0.261 e. The van der Waals surface area contributed by atoms with Crippen molar-refractivity contribution in [3.63, 3.8) is 0 Å². The number of carbonyl (C=O) groups is 1. The molecule has 1 fully saturated rings. The number of nitriles is 1. The van der Waals surface area contributed by atoms with Crippen molar-refractivity contribution in [2.24, 2.45) is 5.92 Å². The first kappa shape index (κ1) is 14.0. The van der Waals surface area contributed by atoms with Crippen molar-refractivity contribution >= 4 is 5.91 Å². The van der Waals surface area contributed by atoms with Crippen LogP contribution in [0.2, 0.25) is 0 Å². The van der Waals surface area contributed by atoms with Gasteiger partial charge in [-0.1, -0.05) is 5.92 Å². The van der Waals surface area contributed by atoms with Gasteiger partial charge in [0.2, 0.25) is 0 Å². The van der Waals surface area contributed by atoms with E-state index in [1.54, 1.807) is 29.2 Å². The average molecular weight is 268 g/mol. The molecule has 0 atom stereocenters. The zero-order valence-corrected chi connectivity index (χ0v) is 11.2. The van der Waals surface area contributed by atoms with Crippen LogP contribution in [0, 0.1) is 29.6 Å². The Hall–Kier alpha value is -2.46. The summed E-state index contributed by atoms with van der Waals surface area (Å²) in [6.45, 7) is 1.02. The molecule has 1 saturated carbocycles. The van der Waals surface area contributed by atoms with E-state index in [4.69, 9.17) is 16.4 Å². The van der Waals surface area contributed by atoms with E-state index in [-0.39, 0.29) is 12.5 Å². The number of terminal acetylenes is 1. The van der Waals surface area contributed by atoms with Gasteiger partial charge in [0.15, 0.2) is 6.61 Å². The van der Waals surface area contributed by atoms with Crippen molar-refractivity contribution in [1.29, 1.82) is 5.26 Å². The van der Waals surface area contributed by atoms with Gasteiger partial charge in [-0.25, -0.2) is 0 Å². The minimum atomic E-state index is -0.0980. The van der Waals surface area contributed by atoms with Gasteiger partial charge in [-0.2, -0.15) is 5.26 Å². The highest BCUT2D eigenvalue weighted by Crippen LogP contribution is 2.29. The van der Waals surface area contributed by atoms with Gasteiger partial charge in [0.05, 0.1) is 18.2 Å². The normalized spacial score (nSPS) is 13.1. The lowest BCUT2D eigenvalue weighted by molar-refractivity contribution is -0.133. The van der Waals surface area contributed by atoms with Crippen LogP contribution >= 0.6 is 0 Å². The molecule has 2 rings (SSSR count). The van der Waals surface area contributed by atoms with Gasteiger partial charge < -0.3 is 9.64 Å². The van der Waals surface area contributed by atoms with Gasteiger partial charge in [-0.3, -0.25) is 4.79 Å². The maximum atomic E-state index is 12.0. The minimum Gasteiger partial charge on any atom is -0.484 e. The largest absolute Gasteiger partial charge is 0.484 e. The van der Waals surface area contributed by atoms with Crippen LogP contribution in [0.25, 0.3) is 0 Å². The highest BCUT2D eigenvalue weighted by atomic mass is 16.5. The highest BCUT2D eigenvalue weighted by Gasteiger charge is 2.26. The van der Waals surface area contributed by atoms with Crippen LogP contribution in [-0.2, 0) is 4.79 Å². The third kappa shape index (κ3) is 4.03. The van der Waals surface area contributed by atoms with Gasteiger partial charge in [0.25, 0.3) is 5.91 Å². The van der Waals surface area contributed by atoms with Crippen molar-refractivity contribution in [1.82, 2.24) is 4.90 Å². The van der Waals surface area contributed by atoms with E-state index in [2.05, 4.69) is 5.92 Å². The number of rotatable bonds is 6. The Bertz CT molecular complexity index is 547. The second-order valence-corrected chi connectivity index (χ2v) is 4.85. The Labute approximate surface area is 119 Å². The average Bonchev–Trinajstić information content (AvgIpc) is 3.29. The first-order chi connectivity index (χ1) is 9.72. The summed E-state index contributed by atoms with van der Waals surface area (Å²) in [7, 11) is 0. The van der Waals surface area contributed by atoms with Crippen LogP contribution in [0.5, 0.6) is 5.75 Å². The molecular weight excluding hydrogens is 252 g/mol. The van der Waals surface area contributed by atoms with E-state index < -0.39 is 0 Å².